The van der Waals surface area contributed by atoms with Gasteiger partial charge in [0, 0.05) is 68.5 Å². The van der Waals surface area contributed by atoms with Gasteiger partial charge in [-0.15, -0.1) is 5.06 Å². The van der Waals surface area contributed by atoms with E-state index in [0.29, 0.717) is 62.9 Å². The number of rotatable bonds is 16. The number of imide groups is 1. The second-order valence-electron chi connectivity index (χ2n) is 15.7. The Morgan fingerprint density at radius 1 is 0.964 bits per heavy atom. The van der Waals surface area contributed by atoms with Crippen LogP contribution < -0.4 is 14.8 Å². The summed E-state index contributed by atoms with van der Waals surface area (Å²) in [7, 11) is -1.06. The second-order valence-corrected chi connectivity index (χ2v) is 17.1. The number of amides is 2. The highest BCUT2D eigenvalue weighted by molar-refractivity contribution is 7.85. The first-order valence-corrected chi connectivity index (χ1v) is 20.4. The Kier molecular flexibility index (Phi) is 13.4. The van der Waals surface area contributed by atoms with Crippen LogP contribution in [0, 0.1) is 0 Å². The van der Waals surface area contributed by atoms with Crippen molar-refractivity contribution < 1.29 is 46.1 Å². The first-order valence-electron chi connectivity index (χ1n) is 18.9. The molecule has 0 atom stereocenters. The standard InChI is InChI=1S/C42H53N3O10S/c1-41(2,3)33-27-30(54-36-26-29(15-17-32(33)36)43(22-24-52-6)23-25-53-7)12-11-13-37-42(4,5)34-28-31(56(49,50)51)16-18-35(34)44(37)21-10-8-9-14-40(48)55-45-38(46)19-20-39(45)47/h11-13,15-18,26-28H,8-10,14,19-25H2,1-7H3/p+1. The van der Waals surface area contributed by atoms with E-state index < -0.39 is 33.3 Å². The third-order valence-corrected chi connectivity index (χ3v) is 11.1. The fourth-order valence-corrected chi connectivity index (χ4v) is 7.68. The number of unbranched alkanes of at least 4 members (excludes halogenated alkanes) is 2. The van der Waals surface area contributed by atoms with Crippen molar-refractivity contribution in [2.75, 3.05) is 52.0 Å². The minimum Gasteiger partial charge on any atom is -0.456 e. The maximum Gasteiger partial charge on any atom is 0.333 e. The number of hydrogen-bond acceptors (Lipinski definition) is 10. The summed E-state index contributed by atoms with van der Waals surface area (Å²) in [5.74, 6) is -0.252. The molecule has 1 aromatic rings. The van der Waals surface area contributed by atoms with E-state index in [1.807, 2.05) is 32.1 Å². The Hall–Kier alpha value is -4.63. The average Bonchev–Trinajstić information content (AvgIpc) is 3.56. The number of carbonyl (C=O) groups excluding carboxylic acids is 3. The molecular weight excluding hydrogens is 739 g/mol. The molecule has 2 amide bonds. The first-order chi connectivity index (χ1) is 26.4. The molecule has 1 aliphatic carbocycles. The number of fused-ring (bicyclic) bond motifs is 2. The van der Waals surface area contributed by atoms with Crippen LogP contribution in [0.3, 0.4) is 0 Å². The van der Waals surface area contributed by atoms with E-state index in [2.05, 4.69) is 54.5 Å². The largest absolute Gasteiger partial charge is 0.456 e. The fourth-order valence-electron chi connectivity index (χ4n) is 7.18. The maximum absolute atomic E-state index is 12.3. The number of anilines is 1. The Bertz CT molecular complexity index is 2130. The van der Waals surface area contributed by atoms with Crippen LogP contribution in [-0.4, -0.2) is 82.9 Å². The number of benzene rings is 2. The van der Waals surface area contributed by atoms with Gasteiger partial charge in [0.1, 0.15) is 24.7 Å². The molecule has 3 heterocycles. The van der Waals surface area contributed by atoms with Crippen molar-refractivity contribution in [2.24, 2.45) is 0 Å². The van der Waals surface area contributed by atoms with E-state index in [-0.39, 0.29) is 29.6 Å². The molecule has 5 rings (SSSR count). The lowest BCUT2D eigenvalue weighted by molar-refractivity contribution is -0.197. The molecule has 1 aromatic carbocycles. The summed E-state index contributed by atoms with van der Waals surface area (Å²) < 4.78 is 53.6. The van der Waals surface area contributed by atoms with E-state index in [4.69, 9.17) is 18.7 Å². The van der Waals surface area contributed by atoms with Gasteiger partial charge in [-0.1, -0.05) is 47.1 Å². The molecule has 1 saturated heterocycles. The summed E-state index contributed by atoms with van der Waals surface area (Å²) in [5.41, 5.74) is 3.81. The van der Waals surface area contributed by atoms with Crippen molar-refractivity contribution in [3.8, 4) is 11.3 Å². The molecule has 3 aliphatic heterocycles. The van der Waals surface area contributed by atoms with E-state index in [1.54, 1.807) is 20.3 Å². The lowest BCUT2D eigenvalue weighted by Crippen LogP contribution is -2.35. The van der Waals surface area contributed by atoms with E-state index >= 15 is 0 Å². The van der Waals surface area contributed by atoms with Gasteiger partial charge in [0.05, 0.1) is 11.0 Å². The third kappa shape index (κ3) is 9.84. The number of allylic oxidation sites excluding steroid dienone is 3. The average molecular weight is 793 g/mol. The van der Waals surface area contributed by atoms with Gasteiger partial charge in [-0.25, -0.2) is 9.37 Å². The predicted octanol–water partition coefficient (Wildman–Crippen LogP) is 5.86. The first kappa shape index (κ1) is 42.5. The van der Waals surface area contributed by atoms with Crippen LogP contribution in [0.15, 0.2) is 69.6 Å². The van der Waals surface area contributed by atoms with Gasteiger partial charge in [0.15, 0.2) is 13.1 Å². The van der Waals surface area contributed by atoms with Gasteiger partial charge >= 0.3 is 5.97 Å². The molecular formula is C42H54N3O10S+. The van der Waals surface area contributed by atoms with Crippen LogP contribution in [0.25, 0.3) is 17.4 Å². The van der Waals surface area contributed by atoms with Crippen molar-refractivity contribution in [1.29, 1.82) is 0 Å². The number of hydroxylamine groups is 2. The highest BCUT2D eigenvalue weighted by Gasteiger charge is 2.40. The van der Waals surface area contributed by atoms with Crippen molar-refractivity contribution in [1.82, 2.24) is 9.64 Å². The number of carbonyl (C=O) groups is 3. The summed E-state index contributed by atoms with van der Waals surface area (Å²) in [6.07, 6.45) is 7.79. The number of methoxy groups -OCH3 is 2. The molecule has 0 unspecified atom stereocenters. The van der Waals surface area contributed by atoms with Crippen LogP contribution in [-0.2, 0) is 49.6 Å². The highest BCUT2D eigenvalue weighted by Crippen LogP contribution is 2.48. The molecule has 0 saturated carbocycles. The highest BCUT2D eigenvalue weighted by atomic mass is 32.2. The van der Waals surface area contributed by atoms with Crippen LogP contribution >= 0.6 is 0 Å². The van der Waals surface area contributed by atoms with Gasteiger partial charge in [-0.2, -0.15) is 8.42 Å². The minimum atomic E-state index is -4.43. The summed E-state index contributed by atoms with van der Waals surface area (Å²) >= 11 is 0. The van der Waals surface area contributed by atoms with E-state index in [1.165, 1.54) is 12.1 Å². The lowest BCUT2D eigenvalue weighted by Gasteiger charge is -2.27. The van der Waals surface area contributed by atoms with Gasteiger partial charge in [0.2, 0.25) is 5.36 Å². The maximum atomic E-state index is 12.3. The normalized spacial score (nSPS) is 16.5. The minimum absolute atomic E-state index is 0.0383. The monoisotopic (exact) mass is 792 g/mol. The molecule has 56 heavy (non-hydrogen) atoms. The van der Waals surface area contributed by atoms with Crippen LogP contribution in [0.4, 0.5) is 5.69 Å². The van der Waals surface area contributed by atoms with Gasteiger partial charge in [-0.05, 0) is 71.9 Å². The van der Waals surface area contributed by atoms with Gasteiger partial charge in [-0.3, -0.25) is 14.1 Å². The van der Waals surface area contributed by atoms with Crippen molar-refractivity contribution >= 4 is 39.7 Å². The van der Waals surface area contributed by atoms with Crippen LogP contribution in [0.2, 0.25) is 0 Å². The van der Waals surface area contributed by atoms with E-state index in [9.17, 15) is 27.4 Å². The Labute approximate surface area is 329 Å². The summed E-state index contributed by atoms with van der Waals surface area (Å²) in [6.45, 7) is 13.6. The molecule has 302 valence electrons. The molecule has 4 aliphatic rings. The topological polar surface area (TPSA) is 156 Å². The van der Waals surface area contributed by atoms with Gasteiger partial charge < -0.3 is 23.6 Å². The summed E-state index contributed by atoms with van der Waals surface area (Å²) in [5, 5.41) is 1.56. The molecule has 14 heteroatoms. The molecule has 1 fully saturated rings. The second kappa shape index (κ2) is 17.7. The molecule has 0 bridgehead atoms. The van der Waals surface area contributed by atoms with Crippen LogP contribution in [0.5, 0.6) is 0 Å². The number of ether oxygens (including phenoxy) is 2. The quantitative estimate of drug-likeness (QED) is 0.0803. The molecule has 0 spiro atoms. The zero-order chi connectivity index (χ0) is 40.8. The fraction of sp³-hybridized carbons (Fsp3) is 0.476. The molecule has 13 nitrogen and oxygen atoms in total. The van der Waals surface area contributed by atoms with Gasteiger partial charge in [0.25, 0.3) is 21.9 Å². The Morgan fingerprint density at radius 3 is 2.27 bits per heavy atom. The molecule has 0 aromatic heterocycles. The Balaban J connectivity index is 1.44. The summed E-state index contributed by atoms with van der Waals surface area (Å²) in [4.78, 5) is 42.9. The zero-order valence-electron chi connectivity index (χ0n) is 33.4. The third-order valence-electron chi connectivity index (χ3n) is 10.2. The van der Waals surface area contributed by atoms with Crippen molar-refractivity contribution in [3.05, 3.63) is 82.6 Å². The van der Waals surface area contributed by atoms with Crippen LogP contribution in [0.1, 0.15) is 90.0 Å². The number of nitrogens with zero attached hydrogens (tertiary/aromatic N) is 3. The zero-order valence-corrected chi connectivity index (χ0v) is 34.2. The smallest absolute Gasteiger partial charge is 0.333 e. The number of hydrogen-bond donors (Lipinski definition) is 1. The van der Waals surface area contributed by atoms with Crippen molar-refractivity contribution in [3.63, 3.8) is 0 Å². The van der Waals surface area contributed by atoms with Crippen molar-refractivity contribution in [2.45, 2.75) is 88.9 Å². The molecule has 0 radical (unpaired) electrons. The SMILES string of the molecule is COCC[N+](CCOC)=c1ccc2c(C(C)(C)C)cc(/C=C/C=C3/N(CCCCCC(=O)ON4C(=O)CCC4=O)c4ccc(S(=O)(=O)O)cc4C3(C)C)oc-2c1. The molecule has 1 N–H and O–H groups in total. The lowest BCUT2D eigenvalue weighted by atomic mass is 9.82. The van der Waals surface area contributed by atoms with E-state index in [0.717, 1.165) is 39.2 Å². The predicted molar refractivity (Wildman–Crippen MR) is 212 cm³/mol. The Morgan fingerprint density at radius 2 is 1.64 bits per heavy atom. The summed E-state index contributed by atoms with van der Waals surface area (Å²) in [6, 6.07) is 13.0.